The van der Waals surface area contributed by atoms with Crippen molar-refractivity contribution in [2.45, 2.75) is 26.3 Å². The Kier molecular flexibility index (Phi) is 7.06. The lowest BCUT2D eigenvalue weighted by atomic mass is 10.1. The van der Waals surface area contributed by atoms with Gasteiger partial charge in [-0.1, -0.05) is 37.1 Å². The summed E-state index contributed by atoms with van der Waals surface area (Å²) < 4.78 is 25.7. The fraction of sp³-hybridized carbons (Fsp3) is 0.316. The van der Waals surface area contributed by atoms with Crippen LogP contribution in [0.25, 0.3) is 0 Å². The fourth-order valence-electron chi connectivity index (χ4n) is 2.42. The Morgan fingerprint density at radius 2 is 1.69 bits per heavy atom. The van der Waals surface area contributed by atoms with E-state index in [9.17, 15) is 13.2 Å². The number of carbonyl (C=O) groups excluding carboxylic acids is 1. The van der Waals surface area contributed by atoms with Crippen molar-refractivity contribution in [2.24, 2.45) is 0 Å². The molecule has 0 radical (unpaired) electrons. The van der Waals surface area contributed by atoms with E-state index in [4.69, 9.17) is 11.6 Å². The summed E-state index contributed by atoms with van der Waals surface area (Å²) in [7, 11) is -3.48. The molecule has 0 heterocycles. The number of nitrogens with one attached hydrogen (secondary N) is 1. The van der Waals surface area contributed by atoms with Crippen LogP contribution in [0.1, 0.15) is 35.7 Å². The van der Waals surface area contributed by atoms with Gasteiger partial charge in [-0.3, -0.25) is 9.10 Å². The summed E-state index contributed by atoms with van der Waals surface area (Å²) in [5, 5.41) is 3.44. The van der Waals surface area contributed by atoms with Gasteiger partial charge in [0.1, 0.15) is 0 Å². The Bertz CT molecular complexity index is 834. The average molecular weight is 395 g/mol. The molecule has 0 aliphatic heterocycles. The van der Waals surface area contributed by atoms with Crippen LogP contribution in [-0.2, 0) is 16.6 Å². The minimum absolute atomic E-state index is 0.159. The van der Waals surface area contributed by atoms with Gasteiger partial charge in [0.05, 0.1) is 18.5 Å². The first-order valence-electron chi connectivity index (χ1n) is 8.41. The van der Waals surface area contributed by atoms with Crippen LogP contribution in [0.3, 0.4) is 0 Å². The molecular weight excluding hydrogens is 372 g/mol. The highest BCUT2D eigenvalue weighted by Gasteiger charge is 2.18. The van der Waals surface area contributed by atoms with Crippen LogP contribution in [0.4, 0.5) is 5.69 Å². The normalized spacial score (nSPS) is 11.2. The molecular formula is C19H23ClN2O3S. The predicted octanol–water partition coefficient (Wildman–Crippen LogP) is 3.84. The molecule has 7 heteroatoms. The van der Waals surface area contributed by atoms with Gasteiger partial charge in [0.25, 0.3) is 5.91 Å². The largest absolute Gasteiger partial charge is 0.352 e. The molecule has 1 amide bonds. The van der Waals surface area contributed by atoms with Crippen LogP contribution in [0, 0.1) is 0 Å². The summed E-state index contributed by atoms with van der Waals surface area (Å²) >= 11 is 5.88. The average Bonchev–Trinajstić information content (AvgIpc) is 2.60. The quantitative estimate of drug-likeness (QED) is 0.692. The lowest BCUT2D eigenvalue weighted by molar-refractivity contribution is 0.0953. The number of nitrogens with zero attached hydrogens (tertiary/aromatic N) is 1. The van der Waals surface area contributed by atoms with Gasteiger partial charge >= 0.3 is 0 Å². The standard InChI is InChI=1S/C19H23ClN2O3S/c1-3-4-13-21-19(23)16-7-11-18(12-8-16)22(26(2,24)25)14-15-5-9-17(20)10-6-15/h5-12H,3-4,13-14H2,1-2H3,(H,21,23). The lowest BCUT2D eigenvalue weighted by Gasteiger charge is -2.22. The van der Waals surface area contributed by atoms with Gasteiger partial charge in [0.2, 0.25) is 10.0 Å². The third kappa shape index (κ3) is 5.75. The molecule has 2 rings (SSSR count). The van der Waals surface area contributed by atoms with Crippen molar-refractivity contribution in [3.05, 3.63) is 64.7 Å². The summed E-state index contributed by atoms with van der Waals surface area (Å²) in [6.07, 6.45) is 3.09. The van der Waals surface area contributed by atoms with Gasteiger partial charge in [-0.15, -0.1) is 0 Å². The van der Waals surface area contributed by atoms with Crippen molar-refractivity contribution in [1.82, 2.24) is 5.32 Å². The number of anilines is 1. The topological polar surface area (TPSA) is 66.5 Å². The van der Waals surface area contributed by atoms with Gasteiger partial charge in [0.15, 0.2) is 0 Å². The highest BCUT2D eigenvalue weighted by molar-refractivity contribution is 7.92. The SMILES string of the molecule is CCCCNC(=O)c1ccc(N(Cc2ccc(Cl)cc2)S(C)(=O)=O)cc1. The molecule has 0 bridgehead atoms. The van der Waals surface area contributed by atoms with Gasteiger partial charge < -0.3 is 5.32 Å². The van der Waals surface area contributed by atoms with E-state index in [2.05, 4.69) is 12.2 Å². The Balaban J connectivity index is 2.18. The molecule has 5 nitrogen and oxygen atoms in total. The van der Waals surface area contributed by atoms with Gasteiger partial charge in [-0.05, 0) is 48.4 Å². The van der Waals surface area contributed by atoms with E-state index in [-0.39, 0.29) is 12.5 Å². The molecule has 1 N–H and O–H groups in total. The highest BCUT2D eigenvalue weighted by atomic mass is 35.5. The molecule has 0 saturated heterocycles. The first kappa shape index (κ1) is 20.3. The Labute approximate surface area is 160 Å². The maximum Gasteiger partial charge on any atom is 0.251 e. The summed E-state index contributed by atoms with van der Waals surface area (Å²) in [4.78, 5) is 12.1. The predicted molar refractivity (Wildman–Crippen MR) is 106 cm³/mol. The van der Waals surface area contributed by atoms with E-state index in [1.165, 1.54) is 4.31 Å². The second-order valence-corrected chi connectivity index (χ2v) is 8.40. The molecule has 0 spiro atoms. The number of sulfonamides is 1. The van der Waals surface area contributed by atoms with Crippen LogP contribution in [0.2, 0.25) is 5.02 Å². The number of hydrogen-bond donors (Lipinski definition) is 1. The molecule has 2 aromatic carbocycles. The highest BCUT2D eigenvalue weighted by Crippen LogP contribution is 2.22. The van der Waals surface area contributed by atoms with Gasteiger partial charge in [-0.2, -0.15) is 0 Å². The number of amides is 1. The molecule has 140 valence electrons. The lowest BCUT2D eigenvalue weighted by Crippen LogP contribution is -2.29. The maximum absolute atomic E-state index is 12.2. The minimum atomic E-state index is -3.48. The van der Waals surface area contributed by atoms with Crippen LogP contribution < -0.4 is 9.62 Å². The first-order valence-corrected chi connectivity index (χ1v) is 10.6. The van der Waals surface area contributed by atoms with Crippen molar-refractivity contribution >= 4 is 33.2 Å². The van der Waals surface area contributed by atoms with E-state index in [1.54, 1.807) is 48.5 Å². The summed E-state index contributed by atoms with van der Waals surface area (Å²) in [5.74, 6) is -0.159. The molecule has 2 aromatic rings. The minimum Gasteiger partial charge on any atom is -0.352 e. The zero-order chi connectivity index (χ0) is 19.2. The molecule has 0 saturated carbocycles. The van der Waals surface area contributed by atoms with Crippen molar-refractivity contribution < 1.29 is 13.2 Å². The van der Waals surface area contributed by atoms with Gasteiger partial charge in [-0.25, -0.2) is 8.42 Å². The summed E-state index contributed by atoms with van der Waals surface area (Å²) in [6.45, 7) is 2.88. The third-order valence-electron chi connectivity index (χ3n) is 3.87. The van der Waals surface area contributed by atoms with Crippen molar-refractivity contribution in [2.75, 3.05) is 17.1 Å². The number of benzene rings is 2. The second kappa shape index (κ2) is 9.05. The zero-order valence-corrected chi connectivity index (χ0v) is 16.5. The maximum atomic E-state index is 12.2. The van der Waals surface area contributed by atoms with Crippen LogP contribution in [0.5, 0.6) is 0 Å². The van der Waals surface area contributed by atoms with E-state index in [0.717, 1.165) is 24.7 Å². The number of halogens is 1. The van der Waals surface area contributed by atoms with Gasteiger partial charge in [0, 0.05) is 17.1 Å². The molecule has 26 heavy (non-hydrogen) atoms. The van der Waals surface area contributed by atoms with Crippen molar-refractivity contribution in [3.8, 4) is 0 Å². The second-order valence-electron chi connectivity index (χ2n) is 6.05. The Morgan fingerprint density at radius 1 is 1.08 bits per heavy atom. The third-order valence-corrected chi connectivity index (χ3v) is 5.27. The number of unbranched alkanes of at least 4 members (excludes halogenated alkanes) is 1. The van der Waals surface area contributed by atoms with Crippen LogP contribution >= 0.6 is 11.6 Å². The van der Waals surface area contributed by atoms with Crippen molar-refractivity contribution in [1.29, 1.82) is 0 Å². The molecule has 0 aromatic heterocycles. The van der Waals surface area contributed by atoms with Crippen LogP contribution in [-0.4, -0.2) is 27.1 Å². The fourth-order valence-corrected chi connectivity index (χ4v) is 3.43. The summed E-state index contributed by atoms with van der Waals surface area (Å²) in [6, 6.07) is 13.6. The van der Waals surface area contributed by atoms with Crippen molar-refractivity contribution in [3.63, 3.8) is 0 Å². The van der Waals surface area contributed by atoms with E-state index in [1.807, 2.05) is 0 Å². The zero-order valence-electron chi connectivity index (χ0n) is 14.9. The monoisotopic (exact) mass is 394 g/mol. The number of hydrogen-bond acceptors (Lipinski definition) is 3. The molecule has 0 aliphatic rings. The van der Waals surface area contributed by atoms with E-state index in [0.29, 0.717) is 22.8 Å². The Hall–Kier alpha value is -2.05. The molecule has 0 aliphatic carbocycles. The smallest absolute Gasteiger partial charge is 0.251 e. The van der Waals surface area contributed by atoms with Crippen LogP contribution in [0.15, 0.2) is 48.5 Å². The number of rotatable bonds is 8. The molecule has 0 unspecified atom stereocenters. The molecule has 0 fully saturated rings. The molecule has 0 atom stereocenters. The number of carbonyl (C=O) groups is 1. The Morgan fingerprint density at radius 3 is 2.23 bits per heavy atom. The summed E-state index contributed by atoms with van der Waals surface area (Å²) in [5.41, 5.74) is 1.83. The first-order chi connectivity index (χ1) is 12.3. The van der Waals surface area contributed by atoms with E-state index < -0.39 is 10.0 Å². The van der Waals surface area contributed by atoms with E-state index >= 15 is 0 Å².